The molecule has 1 N–H and O–H groups in total. The van der Waals surface area contributed by atoms with Crippen LogP contribution in [0.4, 0.5) is 0 Å². The van der Waals surface area contributed by atoms with Gasteiger partial charge in [0.15, 0.2) is 5.78 Å². The van der Waals surface area contributed by atoms with Crippen molar-refractivity contribution in [1.82, 2.24) is 9.97 Å². The molecule has 1 heterocycles. The van der Waals surface area contributed by atoms with E-state index in [1.165, 1.54) is 0 Å². The maximum absolute atomic E-state index is 11.7. The second-order valence-electron chi connectivity index (χ2n) is 3.04. The van der Waals surface area contributed by atoms with Crippen molar-refractivity contribution < 1.29 is 4.79 Å². The molecule has 0 unspecified atom stereocenters. The number of hydrogen-bond donors (Lipinski definition) is 1. The second kappa shape index (κ2) is 5.32. The van der Waals surface area contributed by atoms with Crippen molar-refractivity contribution in [2.45, 2.75) is 6.42 Å². The lowest BCUT2D eigenvalue weighted by Gasteiger charge is -1.97. The van der Waals surface area contributed by atoms with E-state index in [-0.39, 0.29) is 18.2 Å². The normalized spacial score (nSPS) is 9.33. The van der Waals surface area contributed by atoms with Crippen LogP contribution in [0.5, 0.6) is 0 Å². The third kappa shape index (κ3) is 2.92. The lowest BCUT2D eigenvalue weighted by molar-refractivity contribution is 0.0992. The van der Waals surface area contributed by atoms with E-state index >= 15 is 0 Å². The van der Waals surface area contributed by atoms with Crippen molar-refractivity contribution >= 4 is 18.2 Å². The summed E-state index contributed by atoms with van der Waals surface area (Å²) in [7, 11) is 0. The fourth-order valence-electron chi connectivity index (χ4n) is 1.28. The zero-order chi connectivity index (χ0) is 9.80. The standard InChI is InChI=1S/C11H10N2O.ClH/c14-11(6-10-7-12-8-13-10)9-4-2-1-3-5-9;/h1-5,7-8H,6H2,(H,12,13);1H. The van der Waals surface area contributed by atoms with E-state index in [9.17, 15) is 4.79 Å². The molecular weight excluding hydrogens is 212 g/mol. The smallest absolute Gasteiger partial charge is 0.168 e. The van der Waals surface area contributed by atoms with Crippen molar-refractivity contribution in [3.05, 3.63) is 54.1 Å². The Labute approximate surface area is 94.0 Å². The molecule has 0 atom stereocenters. The quantitative estimate of drug-likeness (QED) is 0.810. The molecule has 78 valence electrons. The minimum atomic E-state index is 0. The third-order valence-corrected chi connectivity index (χ3v) is 2.00. The van der Waals surface area contributed by atoms with Gasteiger partial charge in [-0.3, -0.25) is 4.79 Å². The number of hydrogen-bond acceptors (Lipinski definition) is 2. The van der Waals surface area contributed by atoms with Gasteiger partial charge in [0.2, 0.25) is 0 Å². The van der Waals surface area contributed by atoms with Gasteiger partial charge in [-0.1, -0.05) is 30.3 Å². The number of aromatic amines is 1. The average molecular weight is 223 g/mol. The molecule has 0 saturated heterocycles. The van der Waals surface area contributed by atoms with Gasteiger partial charge in [0.25, 0.3) is 0 Å². The fourth-order valence-corrected chi connectivity index (χ4v) is 1.28. The predicted molar refractivity (Wildman–Crippen MR) is 60.3 cm³/mol. The monoisotopic (exact) mass is 222 g/mol. The summed E-state index contributed by atoms with van der Waals surface area (Å²) in [5.41, 5.74) is 1.58. The SMILES string of the molecule is Cl.O=C(Cc1cnc[nH]1)c1ccccc1. The molecular formula is C11H11ClN2O. The van der Waals surface area contributed by atoms with Crippen LogP contribution in [0.15, 0.2) is 42.9 Å². The van der Waals surface area contributed by atoms with Crippen LogP contribution < -0.4 is 0 Å². The van der Waals surface area contributed by atoms with E-state index in [1.54, 1.807) is 12.5 Å². The maximum atomic E-state index is 11.7. The number of nitrogens with one attached hydrogen (secondary N) is 1. The molecule has 0 bridgehead atoms. The Kier molecular flexibility index (Phi) is 4.06. The van der Waals surface area contributed by atoms with Crippen LogP contribution in [0.25, 0.3) is 0 Å². The summed E-state index contributed by atoms with van der Waals surface area (Å²) >= 11 is 0. The number of halogens is 1. The van der Waals surface area contributed by atoms with E-state index in [0.717, 1.165) is 11.3 Å². The lowest BCUT2D eigenvalue weighted by Crippen LogP contribution is -2.03. The number of benzene rings is 1. The van der Waals surface area contributed by atoms with Crippen LogP contribution in [0.1, 0.15) is 16.1 Å². The largest absolute Gasteiger partial charge is 0.348 e. The van der Waals surface area contributed by atoms with Gasteiger partial charge < -0.3 is 4.98 Å². The van der Waals surface area contributed by atoms with Crippen molar-refractivity contribution in [3.8, 4) is 0 Å². The zero-order valence-electron chi connectivity index (χ0n) is 8.01. The molecule has 1 aromatic heterocycles. The number of carbonyl (C=O) groups excluding carboxylic acids is 1. The highest BCUT2D eigenvalue weighted by atomic mass is 35.5. The van der Waals surface area contributed by atoms with Crippen LogP contribution in [-0.2, 0) is 6.42 Å². The zero-order valence-corrected chi connectivity index (χ0v) is 8.83. The van der Waals surface area contributed by atoms with Crippen molar-refractivity contribution in [2.24, 2.45) is 0 Å². The van der Waals surface area contributed by atoms with Gasteiger partial charge in [-0.25, -0.2) is 4.98 Å². The Hall–Kier alpha value is -1.61. The van der Waals surface area contributed by atoms with Crippen molar-refractivity contribution in [1.29, 1.82) is 0 Å². The minimum Gasteiger partial charge on any atom is -0.348 e. The first-order chi connectivity index (χ1) is 6.86. The molecule has 0 amide bonds. The van der Waals surface area contributed by atoms with E-state index < -0.39 is 0 Å². The molecule has 1 aromatic carbocycles. The number of H-pyrrole nitrogens is 1. The molecule has 15 heavy (non-hydrogen) atoms. The maximum Gasteiger partial charge on any atom is 0.168 e. The molecule has 4 heteroatoms. The number of imidazole rings is 1. The Balaban J connectivity index is 0.00000112. The Morgan fingerprint density at radius 2 is 2.00 bits per heavy atom. The summed E-state index contributed by atoms with van der Waals surface area (Å²) in [6, 6.07) is 9.25. The molecule has 0 fully saturated rings. The van der Waals surface area contributed by atoms with Crippen LogP contribution in [0.3, 0.4) is 0 Å². The molecule has 0 spiro atoms. The van der Waals surface area contributed by atoms with Crippen molar-refractivity contribution in [3.63, 3.8) is 0 Å². The fraction of sp³-hybridized carbons (Fsp3) is 0.0909. The van der Waals surface area contributed by atoms with E-state index in [1.807, 2.05) is 30.3 Å². The molecule has 2 rings (SSSR count). The molecule has 0 saturated carbocycles. The summed E-state index contributed by atoms with van der Waals surface area (Å²) in [5, 5.41) is 0. The lowest BCUT2D eigenvalue weighted by atomic mass is 10.1. The first-order valence-corrected chi connectivity index (χ1v) is 4.42. The Morgan fingerprint density at radius 1 is 1.27 bits per heavy atom. The molecule has 0 radical (unpaired) electrons. The highest BCUT2D eigenvalue weighted by Gasteiger charge is 2.06. The number of nitrogens with zero attached hydrogens (tertiary/aromatic N) is 1. The van der Waals surface area contributed by atoms with Crippen LogP contribution in [0.2, 0.25) is 0 Å². The van der Waals surface area contributed by atoms with Gasteiger partial charge in [0.1, 0.15) is 0 Å². The second-order valence-corrected chi connectivity index (χ2v) is 3.04. The number of ketones is 1. The number of Topliss-reactive ketones (excluding diaryl/α,β-unsaturated/α-hetero) is 1. The minimum absolute atomic E-state index is 0. The number of carbonyl (C=O) groups is 1. The van der Waals surface area contributed by atoms with E-state index in [4.69, 9.17) is 0 Å². The van der Waals surface area contributed by atoms with Crippen molar-refractivity contribution in [2.75, 3.05) is 0 Å². The van der Waals surface area contributed by atoms with Gasteiger partial charge in [0, 0.05) is 17.5 Å². The van der Waals surface area contributed by atoms with Gasteiger partial charge >= 0.3 is 0 Å². The van der Waals surface area contributed by atoms with Crippen LogP contribution in [0, 0.1) is 0 Å². The first-order valence-electron chi connectivity index (χ1n) is 4.42. The summed E-state index contributed by atoms with van der Waals surface area (Å²) in [6.45, 7) is 0. The molecule has 0 aliphatic rings. The average Bonchev–Trinajstić information content (AvgIpc) is 2.72. The topological polar surface area (TPSA) is 45.8 Å². The number of aromatic nitrogens is 2. The van der Waals surface area contributed by atoms with E-state index in [0.29, 0.717) is 6.42 Å². The number of rotatable bonds is 3. The molecule has 3 nitrogen and oxygen atoms in total. The van der Waals surface area contributed by atoms with Gasteiger partial charge in [0.05, 0.1) is 12.7 Å². The van der Waals surface area contributed by atoms with Crippen LogP contribution >= 0.6 is 12.4 Å². The molecule has 2 aromatic rings. The van der Waals surface area contributed by atoms with Gasteiger partial charge in [-0.15, -0.1) is 12.4 Å². The summed E-state index contributed by atoms with van der Waals surface area (Å²) < 4.78 is 0. The molecule has 0 aliphatic heterocycles. The highest BCUT2D eigenvalue weighted by molar-refractivity contribution is 5.97. The van der Waals surface area contributed by atoms with Gasteiger partial charge in [-0.05, 0) is 0 Å². The summed E-state index contributed by atoms with van der Waals surface area (Å²) in [6.07, 6.45) is 3.62. The summed E-state index contributed by atoms with van der Waals surface area (Å²) in [4.78, 5) is 18.4. The Bertz CT molecular complexity index is 411. The first kappa shape index (κ1) is 11.5. The third-order valence-electron chi connectivity index (χ3n) is 2.00. The molecule has 0 aliphatic carbocycles. The summed E-state index contributed by atoms with van der Waals surface area (Å²) in [5.74, 6) is 0.106. The van der Waals surface area contributed by atoms with Gasteiger partial charge in [-0.2, -0.15) is 0 Å². The van der Waals surface area contributed by atoms with E-state index in [2.05, 4.69) is 9.97 Å². The predicted octanol–water partition coefficient (Wildman–Crippen LogP) is 2.26. The Morgan fingerprint density at radius 3 is 2.60 bits per heavy atom. The van der Waals surface area contributed by atoms with Crippen LogP contribution in [-0.4, -0.2) is 15.8 Å². The highest BCUT2D eigenvalue weighted by Crippen LogP contribution is 2.04.